The number of rotatable bonds is 2. The Labute approximate surface area is 137 Å². The van der Waals surface area contributed by atoms with Crippen molar-refractivity contribution in [1.29, 1.82) is 0 Å². The predicted molar refractivity (Wildman–Crippen MR) is 89.2 cm³/mol. The highest BCUT2D eigenvalue weighted by molar-refractivity contribution is 7.73. The van der Waals surface area contributed by atoms with E-state index in [0.717, 1.165) is 0 Å². The van der Waals surface area contributed by atoms with Gasteiger partial charge in [-0.15, -0.1) is 5.11 Å². The van der Waals surface area contributed by atoms with Gasteiger partial charge in [-0.3, -0.25) is 0 Å². The van der Waals surface area contributed by atoms with Gasteiger partial charge in [0.2, 0.25) is 10.3 Å². The van der Waals surface area contributed by atoms with Gasteiger partial charge in [0.05, 0.1) is 10.6 Å². The number of allylic oxidation sites excluding steroid dienone is 3. The second-order valence-electron chi connectivity index (χ2n) is 5.13. The third-order valence-electron chi connectivity index (χ3n) is 3.50. The maximum absolute atomic E-state index is 11.6. The number of aromatic hydroxyl groups is 1. The lowest BCUT2D eigenvalue weighted by Crippen LogP contribution is -1.98. The fourth-order valence-corrected chi connectivity index (χ4v) is 2.68. The van der Waals surface area contributed by atoms with Crippen molar-refractivity contribution < 1.29 is 17.9 Å². The molecule has 8 heteroatoms. The Hall–Kier alpha value is -3.00. The number of azo groups is 1. The van der Waals surface area contributed by atoms with Gasteiger partial charge in [-0.1, -0.05) is 6.08 Å². The number of phenols is 1. The van der Waals surface area contributed by atoms with Crippen LogP contribution in [0.25, 0.3) is 11.0 Å². The van der Waals surface area contributed by atoms with Crippen LogP contribution in [-0.4, -0.2) is 18.4 Å². The Balaban J connectivity index is 2.05. The van der Waals surface area contributed by atoms with Crippen LogP contribution in [0.15, 0.2) is 61.6 Å². The molecule has 0 radical (unpaired) electrons. The number of hydrogen-bond acceptors (Lipinski definition) is 7. The van der Waals surface area contributed by atoms with E-state index in [9.17, 15) is 18.3 Å². The average Bonchev–Trinajstić information content (AvgIpc) is 2.54. The predicted octanol–water partition coefficient (Wildman–Crippen LogP) is 2.79. The molecule has 0 saturated heterocycles. The molecule has 0 amide bonds. The van der Waals surface area contributed by atoms with Gasteiger partial charge in [0.25, 0.3) is 0 Å². The summed E-state index contributed by atoms with van der Waals surface area (Å²) in [5, 5.41) is 18.6. The van der Waals surface area contributed by atoms with Crippen molar-refractivity contribution in [1.82, 2.24) is 0 Å². The van der Waals surface area contributed by atoms with Crippen LogP contribution in [0.2, 0.25) is 0 Å². The fourth-order valence-electron chi connectivity index (χ4n) is 2.28. The van der Waals surface area contributed by atoms with Crippen LogP contribution in [-0.2, 0) is 10.3 Å². The summed E-state index contributed by atoms with van der Waals surface area (Å²) in [6, 6.07) is 4.43. The molecule has 0 atom stereocenters. The van der Waals surface area contributed by atoms with Gasteiger partial charge in [-0.2, -0.15) is 13.5 Å². The first kappa shape index (κ1) is 15.9. The molecule has 1 heterocycles. The zero-order chi connectivity index (χ0) is 17.3. The first-order valence-corrected chi connectivity index (χ1v) is 8.04. The Bertz CT molecular complexity index is 1110. The minimum absolute atomic E-state index is 0.0461. The molecule has 24 heavy (non-hydrogen) atoms. The van der Waals surface area contributed by atoms with E-state index in [-0.39, 0.29) is 28.3 Å². The lowest BCUT2D eigenvalue weighted by atomic mass is 10.1. The summed E-state index contributed by atoms with van der Waals surface area (Å²) in [7, 11) is -2.26. The Morgan fingerprint density at radius 2 is 2.00 bits per heavy atom. The van der Waals surface area contributed by atoms with Crippen molar-refractivity contribution in [2.24, 2.45) is 10.2 Å². The smallest absolute Gasteiger partial charge is 0.336 e. The number of nitrogens with zero attached hydrogens (tertiary/aromatic N) is 2. The highest BCUT2D eigenvalue weighted by Gasteiger charge is 2.12. The van der Waals surface area contributed by atoms with Crippen molar-refractivity contribution >= 4 is 31.8 Å². The van der Waals surface area contributed by atoms with Gasteiger partial charge >= 0.3 is 5.63 Å². The lowest BCUT2D eigenvalue weighted by Gasteiger charge is -2.05. The van der Waals surface area contributed by atoms with Gasteiger partial charge in [-0.05, 0) is 36.8 Å². The Morgan fingerprint density at radius 1 is 1.21 bits per heavy atom. The van der Waals surface area contributed by atoms with Crippen molar-refractivity contribution in [3.05, 3.63) is 58.1 Å². The summed E-state index contributed by atoms with van der Waals surface area (Å²) in [6.45, 7) is 1.75. The molecule has 0 spiro atoms. The Morgan fingerprint density at radius 3 is 2.67 bits per heavy atom. The molecule has 0 saturated carbocycles. The zero-order valence-electron chi connectivity index (χ0n) is 12.6. The molecular weight excluding hydrogens is 332 g/mol. The molecule has 1 aromatic carbocycles. The van der Waals surface area contributed by atoms with Crippen molar-refractivity contribution in [3.8, 4) is 5.75 Å². The quantitative estimate of drug-likeness (QED) is 0.512. The maximum atomic E-state index is 11.6. The van der Waals surface area contributed by atoms with Crippen LogP contribution in [0.4, 0.5) is 5.69 Å². The maximum Gasteiger partial charge on any atom is 0.336 e. The molecule has 3 rings (SSSR count). The molecule has 0 fully saturated rings. The summed E-state index contributed by atoms with van der Waals surface area (Å²) in [6.07, 6.45) is 4.75. The molecule has 0 unspecified atom stereocenters. The number of fused-ring (bicyclic) bond motifs is 1. The number of hydrogen-bond donors (Lipinski definition) is 1. The van der Waals surface area contributed by atoms with Crippen LogP contribution in [0.5, 0.6) is 5.75 Å². The second kappa shape index (κ2) is 6.25. The highest BCUT2D eigenvalue weighted by atomic mass is 32.2. The average molecular weight is 344 g/mol. The Kier molecular flexibility index (Phi) is 4.13. The van der Waals surface area contributed by atoms with E-state index >= 15 is 0 Å². The van der Waals surface area contributed by atoms with E-state index in [1.807, 2.05) is 0 Å². The summed E-state index contributed by atoms with van der Waals surface area (Å²) >= 11 is 0. The van der Waals surface area contributed by atoms with Gasteiger partial charge < -0.3 is 9.52 Å². The molecule has 0 aliphatic heterocycles. The SMILES string of the molecule is Cc1cc(=O)oc2c(N=NC3=CCC(=S(=O)=O)C=C3)c(O)ccc12. The minimum atomic E-state index is -2.26. The van der Waals surface area contributed by atoms with Crippen LogP contribution in [0, 0.1) is 6.92 Å². The van der Waals surface area contributed by atoms with Gasteiger partial charge in [0.15, 0.2) is 11.3 Å². The molecule has 7 nitrogen and oxygen atoms in total. The van der Waals surface area contributed by atoms with E-state index < -0.39 is 15.9 Å². The van der Waals surface area contributed by atoms with Gasteiger partial charge in [-0.25, -0.2) is 4.79 Å². The monoisotopic (exact) mass is 344 g/mol. The van der Waals surface area contributed by atoms with Crippen LogP contribution < -0.4 is 5.63 Å². The van der Waals surface area contributed by atoms with Crippen LogP contribution >= 0.6 is 0 Å². The summed E-state index contributed by atoms with van der Waals surface area (Å²) in [4.78, 5) is 11.8. The van der Waals surface area contributed by atoms with E-state index in [2.05, 4.69) is 10.2 Å². The third-order valence-corrected chi connectivity index (χ3v) is 4.23. The van der Waals surface area contributed by atoms with Crippen molar-refractivity contribution in [2.45, 2.75) is 13.3 Å². The number of phenolic OH excluding ortho intramolecular Hbond substituents is 1. The molecule has 1 aliphatic carbocycles. The molecule has 1 aromatic heterocycles. The van der Waals surface area contributed by atoms with E-state index in [4.69, 9.17) is 4.42 Å². The van der Waals surface area contributed by atoms with Gasteiger partial charge in [0.1, 0.15) is 5.75 Å². The minimum Gasteiger partial charge on any atom is -0.505 e. The van der Waals surface area contributed by atoms with Crippen LogP contribution in [0.1, 0.15) is 12.0 Å². The summed E-state index contributed by atoms with van der Waals surface area (Å²) < 4.78 is 26.8. The molecule has 2 aromatic rings. The molecule has 122 valence electrons. The number of benzene rings is 1. The van der Waals surface area contributed by atoms with Crippen molar-refractivity contribution in [3.63, 3.8) is 0 Å². The third kappa shape index (κ3) is 3.04. The van der Waals surface area contributed by atoms with E-state index in [1.165, 1.54) is 24.3 Å². The topological polar surface area (TPSA) is 109 Å². The first-order chi connectivity index (χ1) is 11.5. The molecular formula is C16H12N2O5S. The van der Waals surface area contributed by atoms with Gasteiger partial charge in [0, 0.05) is 17.9 Å². The molecule has 1 N–H and O–H groups in total. The number of aryl methyl sites for hydroxylation is 1. The molecule has 1 aliphatic rings. The van der Waals surface area contributed by atoms with Crippen molar-refractivity contribution in [2.75, 3.05) is 0 Å². The van der Waals surface area contributed by atoms with E-state index in [0.29, 0.717) is 16.6 Å². The lowest BCUT2D eigenvalue weighted by molar-refractivity contribution is 0.474. The first-order valence-electron chi connectivity index (χ1n) is 6.97. The summed E-state index contributed by atoms with van der Waals surface area (Å²) in [5.41, 5.74) is 0.792. The normalized spacial score (nSPS) is 14.4. The second-order valence-corrected chi connectivity index (χ2v) is 6.12. The largest absolute Gasteiger partial charge is 0.505 e. The molecule has 0 bridgehead atoms. The van der Waals surface area contributed by atoms with E-state index in [1.54, 1.807) is 19.1 Å². The summed E-state index contributed by atoms with van der Waals surface area (Å²) in [5.74, 6) is -0.173. The zero-order valence-corrected chi connectivity index (χ0v) is 13.4. The standard InChI is InChI=1S/C16H12N2O5S/c1-9-8-14(20)23-16-12(9)6-7-13(19)15(16)18-17-10-2-4-11(5-3-10)24(21)22/h2-4,6-8,19H,5H2,1H3. The van der Waals surface area contributed by atoms with Crippen LogP contribution in [0.3, 0.4) is 0 Å². The fraction of sp³-hybridized carbons (Fsp3) is 0.125. The highest BCUT2D eigenvalue weighted by Crippen LogP contribution is 2.36.